The molecule has 8 heteroatoms. The van der Waals surface area contributed by atoms with Crippen molar-refractivity contribution in [3.63, 3.8) is 0 Å². The summed E-state index contributed by atoms with van der Waals surface area (Å²) in [6.45, 7) is 1.91. The molecule has 0 aliphatic heterocycles. The van der Waals surface area contributed by atoms with Crippen LogP contribution in [0.15, 0.2) is 0 Å². The van der Waals surface area contributed by atoms with E-state index in [9.17, 15) is 18.3 Å². The average Bonchev–Trinajstić information content (AvgIpc) is 2.74. The second-order valence-corrected chi connectivity index (χ2v) is 6.57. The van der Waals surface area contributed by atoms with Crippen molar-refractivity contribution in [1.29, 1.82) is 0 Å². The molecule has 6 nitrogen and oxygen atoms in total. The normalized spacial score (nSPS) is 14.5. The second kappa shape index (κ2) is 4.87. The van der Waals surface area contributed by atoms with Crippen LogP contribution in [0.5, 0.6) is 0 Å². The molecule has 0 saturated heterocycles. The average molecular weight is 290 g/mol. The first-order chi connectivity index (χ1) is 8.44. The minimum absolute atomic E-state index is 0.106. The molecule has 1 aliphatic carbocycles. The Morgan fingerprint density at radius 2 is 2.17 bits per heavy atom. The zero-order chi connectivity index (χ0) is 13.3. The lowest BCUT2D eigenvalue weighted by atomic mass is 10.1. The lowest BCUT2D eigenvalue weighted by Gasteiger charge is -2.07. The van der Waals surface area contributed by atoms with E-state index in [1.54, 1.807) is 6.92 Å². The largest absolute Gasteiger partial charge is 0.478 e. The van der Waals surface area contributed by atoms with Crippen molar-refractivity contribution in [2.24, 2.45) is 0 Å². The van der Waals surface area contributed by atoms with Gasteiger partial charge in [-0.2, -0.15) is 13.1 Å². The maximum atomic E-state index is 11.6. The van der Waals surface area contributed by atoms with Crippen molar-refractivity contribution in [2.45, 2.75) is 26.2 Å². The zero-order valence-corrected chi connectivity index (χ0v) is 11.4. The van der Waals surface area contributed by atoms with E-state index in [2.05, 4.69) is 9.44 Å². The summed E-state index contributed by atoms with van der Waals surface area (Å²) < 4.78 is 27.8. The number of anilines is 1. The van der Waals surface area contributed by atoms with Crippen molar-refractivity contribution in [2.75, 3.05) is 11.3 Å². The molecule has 1 heterocycles. The summed E-state index contributed by atoms with van der Waals surface area (Å²) in [6.07, 6.45) is 2.46. The Balaban J connectivity index is 2.37. The van der Waals surface area contributed by atoms with Gasteiger partial charge in [-0.15, -0.1) is 11.3 Å². The number of rotatable bonds is 5. The van der Waals surface area contributed by atoms with Crippen LogP contribution in [0.2, 0.25) is 0 Å². The summed E-state index contributed by atoms with van der Waals surface area (Å²) in [5, 5.41) is 9.40. The monoisotopic (exact) mass is 290 g/mol. The molecule has 0 radical (unpaired) electrons. The first-order valence-corrected chi connectivity index (χ1v) is 7.89. The van der Waals surface area contributed by atoms with E-state index in [1.807, 2.05) is 0 Å². The highest BCUT2D eigenvalue weighted by Crippen LogP contribution is 2.39. The van der Waals surface area contributed by atoms with Crippen molar-refractivity contribution < 1.29 is 18.3 Å². The molecule has 0 bridgehead atoms. The van der Waals surface area contributed by atoms with Crippen LogP contribution < -0.4 is 9.44 Å². The van der Waals surface area contributed by atoms with E-state index < -0.39 is 16.2 Å². The summed E-state index contributed by atoms with van der Waals surface area (Å²) in [5.41, 5.74) is 0.885. The quantitative estimate of drug-likeness (QED) is 0.759. The third-order valence-electron chi connectivity index (χ3n) is 2.70. The van der Waals surface area contributed by atoms with Crippen molar-refractivity contribution in [3.05, 3.63) is 16.0 Å². The van der Waals surface area contributed by atoms with E-state index in [4.69, 9.17) is 0 Å². The van der Waals surface area contributed by atoms with Gasteiger partial charge in [-0.25, -0.2) is 4.79 Å². The Morgan fingerprint density at radius 1 is 1.44 bits per heavy atom. The number of carboxylic acid groups (broad SMARTS) is 1. The number of carbonyl (C=O) groups is 1. The molecule has 0 atom stereocenters. The standard InChI is InChI=1S/C10H14N2O4S2/c1-2-11-18(15,16)12-9-8(10(13)14)6-4-3-5-7(6)17-9/h11-12H,2-5H2,1H3,(H,13,14). The van der Waals surface area contributed by atoms with Gasteiger partial charge in [0.1, 0.15) is 5.00 Å². The molecule has 0 amide bonds. The van der Waals surface area contributed by atoms with E-state index in [1.165, 1.54) is 11.3 Å². The Bertz CT molecular complexity index is 577. The van der Waals surface area contributed by atoms with Crippen molar-refractivity contribution in [3.8, 4) is 0 Å². The Morgan fingerprint density at radius 3 is 2.78 bits per heavy atom. The van der Waals surface area contributed by atoms with Gasteiger partial charge < -0.3 is 5.11 Å². The van der Waals surface area contributed by atoms with Crippen LogP contribution in [0.1, 0.15) is 34.1 Å². The maximum Gasteiger partial charge on any atom is 0.339 e. The van der Waals surface area contributed by atoms with Gasteiger partial charge in [-0.3, -0.25) is 4.72 Å². The van der Waals surface area contributed by atoms with Crippen LogP contribution in [-0.2, 0) is 23.1 Å². The fraction of sp³-hybridized carbons (Fsp3) is 0.500. The minimum Gasteiger partial charge on any atom is -0.478 e. The molecule has 3 N–H and O–H groups in total. The van der Waals surface area contributed by atoms with Gasteiger partial charge in [0.15, 0.2) is 0 Å². The highest BCUT2D eigenvalue weighted by molar-refractivity contribution is 7.91. The number of nitrogens with one attached hydrogen (secondary N) is 2. The molecule has 100 valence electrons. The Kier molecular flexibility index (Phi) is 3.60. The number of fused-ring (bicyclic) bond motifs is 1. The zero-order valence-electron chi connectivity index (χ0n) is 9.82. The van der Waals surface area contributed by atoms with E-state index in [-0.39, 0.29) is 17.1 Å². The number of aromatic carboxylic acids is 1. The fourth-order valence-electron chi connectivity index (χ4n) is 2.05. The van der Waals surface area contributed by atoms with Crippen LogP contribution in [0, 0.1) is 0 Å². The first-order valence-electron chi connectivity index (χ1n) is 5.60. The molecule has 18 heavy (non-hydrogen) atoms. The summed E-state index contributed by atoms with van der Waals surface area (Å²) in [4.78, 5) is 12.2. The topological polar surface area (TPSA) is 95.5 Å². The Hall–Kier alpha value is -1.12. The second-order valence-electron chi connectivity index (χ2n) is 3.97. The maximum absolute atomic E-state index is 11.6. The van der Waals surface area contributed by atoms with Gasteiger partial charge in [0.05, 0.1) is 5.56 Å². The highest BCUT2D eigenvalue weighted by atomic mass is 32.2. The van der Waals surface area contributed by atoms with Gasteiger partial charge in [-0.05, 0) is 24.8 Å². The van der Waals surface area contributed by atoms with Gasteiger partial charge >= 0.3 is 5.97 Å². The molecule has 2 rings (SSSR count). The number of carboxylic acids is 1. The smallest absolute Gasteiger partial charge is 0.339 e. The summed E-state index contributed by atoms with van der Waals surface area (Å²) >= 11 is 1.22. The van der Waals surface area contributed by atoms with Crippen LogP contribution in [-0.4, -0.2) is 26.0 Å². The number of hydrogen-bond donors (Lipinski definition) is 3. The highest BCUT2D eigenvalue weighted by Gasteiger charge is 2.28. The summed E-state index contributed by atoms with van der Waals surface area (Å²) in [7, 11) is -3.68. The lowest BCUT2D eigenvalue weighted by molar-refractivity contribution is 0.0697. The van der Waals surface area contributed by atoms with Gasteiger partial charge in [0.25, 0.3) is 10.2 Å². The van der Waals surface area contributed by atoms with Crippen LogP contribution in [0.3, 0.4) is 0 Å². The fourth-order valence-corrected chi connectivity index (χ4v) is 4.48. The van der Waals surface area contributed by atoms with Crippen LogP contribution in [0.4, 0.5) is 5.00 Å². The van der Waals surface area contributed by atoms with Crippen LogP contribution >= 0.6 is 11.3 Å². The Labute approximate surface area is 109 Å². The molecule has 1 aromatic heterocycles. The SMILES string of the molecule is CCNS(=O)(=O)Nc1sc2c(c1C(=O)O)CCC2. The number of aryl methyl sites for hydroxylation is 1. The minimum atomic E-state index is -3.68. The third kappa shape index (κ3) is 2.50. The van der Waals surface area contributed by atoms with E-state index >= 15 is 0 Å². The van der Waals surface area contributed by atoms with Gasteiger partial charge in [0.2, 0.25) is 0 Å². The van der Waals surface area contributed by atoms with Gasteiger partial charge in [0, 0.05) is 11.4 Å². The molecule has 0 saturated carbocycles. The predicted molar refractivity (Wildman–Crippen MR) is 69.5 cm³/mol. The molecular weight excluding hydrogens is 276 g/mol. The molecule has 1 aliphatic rings. The molecular formula is C10H14N2O4S2. The summed E-state index contributed by atoms with van der Waals surface area (Å²) in [6, 6.07) is 0. The van der Waals surface area contributed by atoms with Crippen LogP contribution in [0.25, 0.3) is 0 Å². The van der Waals surface area contributed by atoms with Crippen molar-refractivity contribution >= 4 is 32.5 Å². The van der Waals surface area contributed by atoms with Crippen molar-refractivity contribution in [1.82, 2.24) is 4.72 Å². The molecule has 0 fully saturated rings. The molecule has 1 aromatic rings. The van der Waals surface area contributed by atoms with E-state index in [0.29, 0.717) is 6.42 Å². The number of thiophene rings is 1. The predicted octanol–water partition coefficient (Wildman–Crippen LogP) is 1.20. The molecule has 0 spiro atoms. The molecule has 0 aromatic carbocycles. The number of hydrogen-bond acceptors (Lipinski definition) is 4. The summed E-state index contributed by atoms with van der Waals surface area (Å²) in [5.74, 6) is -1.08. The lowest BCUT2D eigenvalue weighted by Crippen LogP contribution is -2.30. The van der Waals surface area contributed by atoms with E-state index in [0.717, 1.165) is 23.3 Å². The van der Waals surface area contributed by atoms with Gasteiger partial charge in [-0.1, -0.05) is 6.92 Å². The molecule has 0 unspecified atom stereocenters. The first kappa shape index (κ1) is 13.3. The third-order valence-corrected chi connectivity index (χ3v) is 5.17.